The first kappa shape index (κ1) is 9.33. The van der Waals surface area contributed by atoms with Gasteiger partial charge in [0.05, 0.1) is 17.0 Å². The monoisotopic (exact) mass is 217 g/mol. The molecule has 0 aliphatic heterocycles. The Morgan fingerprint density at radius 2 is 2.31 bits per heavy atom. The van der Waals surface area contributed by atoms with Gasteiger partial charge in [0.1, 0.15) is 0 Å². The molecule has 0 saturated carbocycles. The van der Waals surface area contributed by atoms with Crippen LogP contribution in [0.5, 0.6) is 0 Å². The third kappa shape index (κ3) is 1.08. The Bertz CT molecular complexity index is 601. The quantitative estimate of drug-likeness (QED) is 0.780. The van der Waals surface area contributed by atoms with Crippen LogP contribution in [-0.4, -0.2) is 25.7 Å². The lowest BCUT2D eigenvalue weighted by atomic mass is 10.2. The van der Waals surface area contributed by atoms with Crippen molar-refractivity contribution in [2.75, 3.05) is 0 Å². The summed E-state index contributed by atoms with van der Waals surface area (Å²) >= 11 is 0. The smallest absolute Gasteiger partial charge is 0.339 e. The van der Waals surface area contributed by atoms with E-state index in [0.717, 1.165) is 30.6 Å². The van der Waals surface area contributed by atoms with Gasteiger partial charge in [-0.3, -0.25) is 0 Å². The van der Waals surface area contributed by atoms with Gasteiger partial charge in [0, 0.05) is 11.8 Å². The Balaban J connectivity index is 2.34. The molecule has 5 heteroatoms. The second kappa shape index (κ2) is 3.04. The zero-order valence-electron chi connectivity index (χ0n) is 8.90. The lowest BCUT2D eigenvalue weighted by Gasteiger charge is -2.03. The van der Waals surface area contributed by atoms with Crippen molar-refractivity contribution in [2.45, 2.75) is 26.2 Å². The van der Waals surface area contributed by atoms with Crippen molar-refractivity contribution in [1.29, 1.82) is 0 Å². The average molecular weight is 217 g/mol. The van der Waals surface area contributed by atoms with Crippen LogP contribution in [0.1, 0.15) is 33.7 Å². The molecule has 1 aliphatic rings. The Morgan fingerprint density at radius 3 is 3.06 bits per heavy atom. The standard InChI is InChI=1S/C11H11N3O2/c1-6-8(11(15)16)5-12-10-7-3-2-4-9(7)13-14(6)10/h5H,2-4H2,1H3,(H,15,16). The fraction of sp³-hybridized carbons (Fsp3) is 0.364. The van der Waals surface area contributed by atoms with Crippen molar-refractivity contribution < 1.29 is 9.90 Å². The predicted molar refractivity (Wildman–Crippen MR) is 56.7 cm³/mol. The van der Waals surface area contributed by atoms with Crippen molar-refractivity contribution in [1.82, 2.24) is 14.6 Å². The van der Waals surface area contributed by atoms with E-state index in [2.05, 4.69) is 10.1 Å². The van der Waals surface area contributed by atoms with Crippen LogP contribution in [0, 0.1) is 6.92 Å². The number of carboxylic acids is 1. The van der Waals surface area contributed by atoms with Gasteiger partial charge in [0.2, 0.25) is 0 Å². The number of aromatic carboxylic acids is 1. The van der Waals surface area contributed by atoms with Crippen LogP contribution in [0.4, 0.5) is 0 Å². The summed E-state index contributed by atoms with van der Waals surface area (Å²) in [5, 5.41) is 13.4. The molecule has 0 amide bonds. The predicted octanol–water partition coefficient (Wildman–Crippen LogP) is 1.22. The maximum Gasteiger partial charge on any atom is 0.339 e. The van der Waals surface area contributed by atoms with Crippen LogP contribution in [0.2, 0.25) is 0 Å². The fourth-order valence-electron chi connectivity index (χ4n) is 2.28. The molecular formula is C11H11N3O2. The molecule has 0 saturated heterocycles. The highest BCUT2D eigenvalue weighted by molar-refractivity contribution is 5.88. The number of hydrogen-bond donors (Lipinski definition) is 1. The molecule has 0 bridgehead atoms. The Morgan fingerprint density at radius 1 is 1.50 bits per heavy atom. The first-order valence-electron chi connectivity index (χ1n) is 5.28. The molecule has 5 nitrogen and oxygen atoms in total. The van der Waals surface area contributed by atoms with Gasteiger partial charge >= 0.3 is 5.97 Å². The molecule has 0 spiro atoms. The SMILES string of the molecule is Cc1c(C(=O)O)cnc2c3c(nn12)CCC3. The number of nitrogens with zero attached hydrogens (tertiary/aromatic N) is 3. The molecule has 0 atom stereocenters. The molecule has 0 fully saturated rings. The summed E-state index contributed by atoms with van der Waals surface area (Å²) in [5.41, 5.74) is 3.92. The van der Waals surface area contributed by atoms with Crippen LogP contribution in [-0.2, 0) is 12.8 Å². The molecule has 2 aromatic heterocycles. The molecular weight excluding hydrogens is 206 g/mol. The van der Waals surface area contributed by atoms with E-state index in [1.807, 2.05) is 0 Å². The van der Waals surface area contributed by atoms with E-state index in [4.69, 9.17) is 5.11 Å². The molecule has 0 aromatic carbocycles. The molecule has 0 radical (unpaired) electrons. The first-order valence-corrected chi connectivity index (χ1v) is 5.28. The van der Waals surface area contributed by atoms with Gasteiger partial charge in [-0.15, -0.1) is 0 Å². The normalized spacial score (nSPS) is 14.3. The molecule has 3 rings (SSSR count). The van der Waals surface area contributed by atoms with Crippen molar-refractivity contribution in [2.24, 2.45) is 0 Å². The largest absolute Gasteiger partial charge is 0.478 e. The van der Waals surface area contributed by atoms with E-state index < -0.39 is 5.97 Å². The second-order valence-electron chi connectivity index (χ2n) is 4.08. The number of carbonyl (C=O) groups is 1. The average Bonchev–Trinajstić information content (AvgIpc) is 2.78. The van der Waals surface area contributed by atoms with Gasteiger partial charge in [0.15, 0.2) is 5.65 Å². The van der Waals surface area contributed by atoms with Gasteiger partial charge in [-0.05, 0) is 26.2 Å². The van der Waals surface area contributed by atoms with Crippen molar-refractivity contribution in [3.8, 4) is 0 Å². The highest BCUT2D eigenvalue weighted by Gasteiger charge is 2.21. The summed E-state index contributed by atoms with van der Waals surface area (Å²) in [6, 6.07) is 0. The molecule has 2 aromatic rings. The van der Waals surface area contributed by atoms with E-state index in [9.17, 15) is 4.79 Å². The van der Waals surface area contributed by atoms with Crippen LogP contribution < -0.4 is 0 Å². The van der Waals surface area contributed by atoms with Crippen LogP contribution in [0.15, 0.2) is 6.20 Å². The van der Waals surface area contributed by atoms with Crippen molar-refractivity contribution >= 4 is 11.6 Å². The number of carboxylic acid groups (broad SMARTS) is 1. The minimum Gasteiger partial charge on any atom is -0.478 e. The summed E-state index contributed by atoms with van der Waals surface area (Å²) in [6.07, 6.45) is 4.51. The lowest BCUT2D eigenvalue weighted by Crippen LogP contribution is -2.07. The summed E-state index contributed by atoms with van der Waals surface area (Å²) in [5.74, 6) is -0.956. The lowest BCUT2D eigenvalue weighted by molar-refractivity contribution is 0.0695. The van der Waals surface area contributed by atoms with E-state index in [-0.39, 0.29) is 5.56 Å². The van der Waals surface area contributed by atoms with Gasteiger partial charge in [0.25, 0.3) is 0 Å². The van der Waals surface area contributed by atoms with Crippen LogP contribution >= 0.6 is 0 Å². The summed E-state index contributed by atoms with van der Waals surface area (Å²) < 4.78 is 1.66. The molecule has 2 heterocycles. The topological polar surface area (TPSA) is 67.5 Å². The molecule has 1 N–H and O–H groups in total. The number of fused-ring (bicyclic) bond motifs is 3. The van der Waals surface area contributed by atoms with Crippen molar-refractivity contribution in [3.63, 3.8) is 0 Å². The maximum absolute atomic E-state index is 11.0. The number of hydrogen-bond acceptors (Lipinski definition) is 3. The summed E-state index contributed by atoms with van der Waals surface area (Å²) in [4.78, 5) is 15.2. The highest BCUT2D eigenvalue weighted by Crippen LogP contribution is 2.25. The molecule has 0 unspecified atom stereocenters. The zero-order chi connectivity index (χ0) is 11.3. The molecule has 82 valence electrons. The minimum atomic E-state index is -0.956. The summed E-state index contributed by atoms with van der Waals surface area (Å²) in [6.45, 7) is 1.76. The van der Waals surface area contributed by atoms with Gasteiger partial charge < -0.3 is 5.11 Å². The number of aromatic nitrogens is 3. The van der Waals surface area contributed by atoms with E-state index in [1.54, 1.807) is 11.4 Å². The van der Waals surface area contributed by atoms with Crippen LogP contribution in [0.25, 0.3) is 5.65 Å². The van der Waals surface area contributed by atoms with Crippen molar-refractivity contribution in [3.05, 3.63) is 28.7 Å². The maximum atomic E-state index is 11.0. The molecule has 16 heavy (non-hydrogen) atoms. The fourth-order valence-corrected chi connectivity index (χ4v) is 2.28. The Hall–Kier alpha value is -1.91. The van der Waals surface area contributed by atoms with Crippen LogP contribution in [0.3, 0.4) is 0 Å². The molecule has 1 aliphatic carbocycles. The second-order valence-corrected chi connectivity index (χ2v) is 4.08. The number of aryl methyl sites for hydroxylation is 3. The first-order chi connectivity index (χ1) is 7.68. The highest BCUT2D eigenvalue weighted by atomic mass is 16.4. The third-order valence-electron chi connectivity index (χ3n) is 3.13. The Kier molecular flexibility index (Phi) is 1.77. The third-order valence-corrected chi connectivity index (χ3v) is 3.13. The van der Waals surface area contributed by atoms with Gasteiger partial charge in [-0.25, -0.2) is 14.3 Å². The number of rotatable bonds is 1. The minimum absolute atomic E-state index is 0.216. The summed E-state index contributed by atoms with van der Waals surface area (Å²) in [7, 11) is 0. The van der Waals surface area contributed by atoms with E-state index in [1.165, 1.54) is 11.8 Å². The zero-order valence-corrected chi connectivity index (χ0v) is 8.90. The van der Waals surface area contributed by atoms with Gasteiger partial charge in [-0.1, -0.05) is 0 Å². The van der Waals surface area contributed by atoms with E-state index in [0.29, 0.717) is 5.69 Å². The van der Waals surface area contributed by atoms with E-state index >= 15 is 0 Å². The van der Waals surface area contributed by atoms with Gasteiger partial charge in [-0.2, -0.15) is 5.10 Å². The Labute approximate surface area is 91.7 Å².